The van der Waals surface area contributed by atoms with Gasteiger partial charge < -0.3 is 10.6 Å². The van der Waals surface area contributed by atoms with E-state index < -0.39 is 0 Å². The molecule has 0 aromatic heterocycles. The van der Waals surface area contributed by atoms with Gasteiger partial charge in [-0.3, -0.25) is 19.8 Å². The van der Waals surface area contributed by atoms with E-state index in [9.17, 15) is 9.59 Å². The normalized spacial score (nSPS) is 22.5. The Morgan fingerprint density at radius 3 is 2.42 bits per heavy atom. The Morgan fingerprint density at radius 2 is 1.79 bits per heavy atom. The number of benzene rings is 1. The van der Waals surface area contributed by atoms with E-state index in [1.54, 1.807) is 0 Å². The number of hydrogen-bond donors (Lipinski definition) is 2. The number of anilines is 1. The smallest absolute Gasteiger partial charge is 0.234 e. The van der Waals surface area contributed by atoms with Crippen molar-refractivity contribution in [3.63, 3.8) is 0 Å². The third kappa shape index (κ3) is 3.94. The first-order chi connectivity index (χ1) is 11.7. The number of nitrogens with zero attached hydrogens (tertiary/aromatic N) is 2. The Labute approximate surface area is 143 Å². The van der Waals surface area contributed by atoms with Gasteiger partial charge in [0.1, 0.15) is 0 Å². The minimum atomic E-state index is -0.204. The van der Waals surface area contributed by atoms with E-state index in [2.05, 4.69) is 27.2 Å². The van der Waals surface area contributed by atoms with E-state index in [1.165, 1.54) is 5.69 Å². The Morgan fingerprint density at radius 1 is 1.08 bits per heavy atom. The maximum atomic E-state index is 12.0. The van der Waals surface area contributed by atoms with Gasteiger partial charge in [0.05, 0.1) is 5.92 Å². The second kappa shape index (κ2) is 7.77. The quantitative estimate of drug-likeness (QED) is 0.776. The van der Waals surface area contributed by atoms with Gasteiger partial charge in [-0.05, 0) is 43.6 Å². The Hall–Kier alpha value is -1.92. The van der Waals surface area contributed by atoms with E-state index >= 15 is 0 Å². The van der Waals surface area contributed by atoms with E-state index in [0.29, 0.717) is 12.8 Å². The number of piperidine rings is 1. The molecule has 1 atom stereocenters. The molecule has 2 aliphatic rings. The third-order valence-corrected chi connectivity index (χ3v) is 4.95. The summed E-state index contributed by atoms with van der Waals surface area (Å²) >= 11 is 0. The summed E-state index contributed by atoms with van der Waals surface area (Å²) in [6.07, 6.45) is 2.08. The van der Waals surface area contributed by atoms with Crippen molar-refractivity contribution >= 4 is 17.5 Å². The van der Waals surface area contributed by atoms with E-state index in [0.717, 1.165) is 51.3 Å². The van der Waals surface area contributed by atoms with Crippen LogP contribution in [0.5, 0.6) is 0 Å². The SMILES string of the molecule is NCCCN1CCN(c2ccc(C3CCC(=O)NC3=O)cc2)CC1. The molecule has 2 saturated heterocycles. The van der Waals surface area contributed by atoms with Crippen LogP contribution in [0.4, 0.5) is 5.69 Å². The Balaban J connectivity index is 1.57. The number of imide groups is 1. The van der Waals surface area contributed by atoms with Crippen LogP contribution in [-0.4, -0.2) is 56.0 Å². The molecule has 0 bridgehead atoms. The fourth-order valence-electron chi connectivity index (χ4n) is 3.47. The second-order valence-electron chi connectivity index (χ2n) is 6.57. The number of piperazine rings is 1. The highest BCUT2D eigenvalue weighted by Gasteiger charge is 2.28. The molecule has 1 unspecified atom stereocenters. The fraction of sp³-hybridized carbons (Fsp3) is 0.556. The summed E-state index contributed by atoms with van der Waals surface area (Å²) < 4.78 is 0. The summed E-state index contributed by atoms with van der Waals surface area (Å²) in [5.74, 6) is -0.544. The maximum Gasteiger partial charge on any atom is 0.234 e. The second-order valence-corrected chi connectivity index (χ2v) is 6.57. The van der Waals surface area contributed by atoms with Gasteiger partial charge in [-0.1, -0.05) is 12.1 Å². The molecule has 0 saturated carbocycles. The van der Waals surface area contributed by atoms with Crippen molar-refractivity contribution < 1.29 is 9.59 Å². The van der Waals surface area contributed by atoms with E-state index in [-0.39, 0.29) is 17.7 Å². The number of rotatable bonds is 5. The van der Waals surface area contributed by atoms with Gasteiger partial charge in [-0.2, -0.15) is 0 Å². The molecule has 0 spiro atoms. The highest BCUT2D eigenvalue weighted by Crippen LogP contribution is 2.27. The van der Waals surface area contributed by atoms with Crippen LogP contribution in [0.3, 0.4) is 0 Å². The zero-order chi connectivity index (χ0) is 16.9. The number of carbonyl (C=O) groups excluding carboxylic acids is 2. The van der Waals surface area contributed by atoms with Gasteiger partial charge >= 0.3 is 0 Å². The first-order valence-electron chi connectivity index (χ1n) is 8.78. The number of amides is 2. The summed E-state index contributed by atoms with van der Waals surface area (Å²) in [5, 5.41) is 2.42. The minimum Gasteiger partial charge on any atom is -0.369 e. The summed E-state index contributed by atoms with van der Waals surface area (Å²) in [7, 11) is 0. The predicted octanol–water partition coefficient (Wildman–Crippen LogP) is 0.678. The van der Waals surface area contributed by atoms with Crippen LogP contribution in [0.25, 0.3) is 0 Å². The first kappa shape index (κ1) is 16.9. The standard InChI is InChI=1S/C18H26N4O2/c19-8-1-9-21-10-12-22(13-11-21)15-4-2-14(3-5-15)16-6-7-17(23)20-18(16)24/h2-5,16H,1,6-13,19H2,(H,20,23,24). The van der Waals surface area contributed by atoms with Gasteiger partial charge in [0, 0.05) is 38.3 Å². The van der Waals surface area contributed by atoms with Crippen LogP contribution in [-0.2, 0) is 9.59 Å². The first-order valence-corrected chi connectivity index (χ1v) is 8.78. The van der Waals surface area contributed by atoms with Crippen molar-refractivity contribution in [1.82, 2.24) is 10.2 Å². The van der Waals surface area contributed by atoms with Crippen LogP contribution in [0.15, 0.2) is 24.3 Å². The lowest BCUT2D eigenvalue weighted by Gasteiger charge is -2.36. The van der Waals surface area contributed by atoms with Crippen LogP contribution < -0.4 is 16.0 Å². The molecule has 0 radical (unpaired) electrons. The predicted molar refractivity (Wildman–Crippen MR) is 93.9 cm³/mol. The minimum absolute atomic E-state index is 0.166. The largest absolute Gasteiger partial charge is 0.369 e. The zero-order valence-corrected chi connectivity index (χ0v) is 14.0. The van der Waals surface area contributed by atoms with Crippen molar-refractivity contribution in [2.75, 3.05) is 44.2 Å². The van der Waals surface area contributed by atoms with Crippen molar-refractivity contribution in [1.29, 1.82) is 0 Å². The van der Waals surface area contributed by atoms with Gasteiger partial charge in [-0.15, -0.1) is 0 Å². The average molecular weight is 330 g/mol. The molecule has 24 heavy (non-hydrogen) atoms. The topological polar surface area (TPSA) is 78.7 Å². The molecule has 6 nitrogen and oxygen atoms in total. The molecule has 2 fully saturated rings. The number of nitrogens with one attached hydrogen (secondary N) is 1. The fourth-order valence-corrected chi connectivity index (χ4v) is 3.47. The molecule has 2 aliphatic heterocycles. The van der Waals surface area contributed by atoms with Gasteiger partial charge in [0.25, 0.3) is 0 Å². The van der Waals surface area contributed by atoms with Crippen molar-refractivity contribution in [2.24, 2.45) is 5.73 Å². The summed E-state index contributed by atoms with van der Waals surface area (Å²) in [4.78, 5) is 28.1. The summed E-state index contributed by atoms with van der Waals surface area (Å²) in [6.45, 7) is 6.00. The average Bonchev–Trinajstić information content (AvgIpc) is 2.61. The molecule has 2 heterocycles. The van der Waals surface area contributed by atoms with Crippen LogP contribution in [0.2, 0.25) is 0 Å². The molecular weight excluding hydrogens is 304 g/mol. The lowest BCUT2D eigenvalue weighted by molar-refractivity contribution is -0.134. The molecule has 3 rings (SSSR count). The van der Waals surface area contributed by atoms with Gasteiger partial charge in [-0.25, -0.2) is 0 Å². The Kier molecular flexibility index (Phi) is 5.48. The third-order valence-electron chi connectivity index (χ3n) is 4.95. The van der Waals surface area contributed by atoms with Crippen LogP contribution in [0.1, 0.15) is 30.7 Å². The monoisotopic (exact) mass is 330 g/mol. The van der Waals surface area contributed by atoms with Crippen molar-refractivity contribution in [2.45, 2.75) is 25.2 Å². The molecule has 130 valence electrons. The van der Waals surface area contributed by atoms with Gasteiger partial charge in [0.2, 0.25) is 11.8 Å². The number of hydrogen-bond acceptors (Lipinski definition) is 5. The van der Waals surface area contributed by atoms with Crippen molar-refractivity contribution in [3.05, 3.63) is 29.8 Å². The number of carbonyl (C=O) groups is 2. The van der Waals surface area contributed by atoms with Gasteiger partial charge in [0.15, 0.2) is 0 Å². The maximum absolute atomic E-state index is 12.0. The van der Waals surface area contributed by atoms with Crippen LogP contribution in [0, 0.1) is 0 Å². The van der Waals surface area contributed by atoms with E-state index in [4.69, 9.17) is 5.73 Å². The number of nitrogens with two attached hydrogens (primary N) is 1. The molecule has 0 aliphatic carbocycles. The molecule has 1 aromatic rings. The summed E-state index contributed by atoms with van der Waals surface area (Å²) in [6, 6.07) is 8.23. The lowest BCUT2D eigenvalue weighted by atomic mass is 9.90. The highest BCUT2D eigenvalue weighted by molar-refractivity contribution is 6.00. The molecule has 6 heteroatoms. The van der Waals surface area contributed by atoms with E-state index in [1.807, 2.05) is 12.1 Å². The zero-order valence-electron chi connectivity index (χ0n) is 14.0. The molecular formula is C18H26N4O2. The van der Waals surface area contributed by atoms with Crippen molar-refractivity contribution in [3.8, 4) is 0 Å². The Bertz CT molecular complexity index is 579. The highest BCUT2D eigenvalue weighted by atomic mass is 16.2. The lowest BCUT2D eigenvalue weighted by Crippen LogP contribution is -2.46. The molecule has 2 amide bonds. The summed E-state index contributed by atoms with van der Waals surface area (Å²) in [5.41, 5.74) is 7.76. The van der Waals surface area contributed by atoms with Crippen LogP contribution >= 0.6 is 0 Å². The molecule has 1 aromatic carbocycles. The molecule has 3 N–H and O–H groups in total.